The highest BCUT2D eigenvalue weighted by Gasteiger charge is 2.36. The minimum Gasteiger partial charge on any atom is -0.356 e. The Bertz CT molecular complexity index is 854. The summed E-state index contributed by atoms with van der Waals surface area (Å²) in [4.78, 5) is 23.5. The van der Waals surface area contributed by atoms with Gasteiger partial charge in [0.2, 0.25) is 0 Å². The van der Waals surface area contributed by atoms with Crippen LogP contribution in [-0.2, 0) is 0 Å². The van der Waals surface area contributed by atoms with Gasteiger partial charge in [0.1, 0.15) is 29.1 Å². The van der Waals surface area contributed by atoms with E-state index in [-0.39, 0.29) is 0 Å². The Kier molecular flexibility index (Phi) is 3.73. The summed E-state index contributed by atoms with van der Waals surface area (Å²) in [6, 6.07) is 5.40. The first-order valence-electron chi connectivity index (χ1n) is 8.87. The number of piperidine rings is 1. The van der Waals surface area contributed by atoms with E-state index >= 15 is 0 Å². The summed E-state index contributed by atoms with van der Waals surface area (Å²) in [7, 11) is 0. The van der Waals surface area contributed by atoms with Crippen LogP contribution in [-0.4, -0.2) is 45.1 Å². The van der Waals surface area contributed by atoms with Crippen molar-refractivity contribution in [2.45, 2.75) is 37.8 Å². The normalized spacial score (nSPS) is 18.6. The van der Waals surface area contributed by atoms with Crippen molar-refractivity contribution in [1.29, 1.82) is 0 Å². The van der Waals surface area contributed by atoms with Gasteiger partial charge in [-0.3, -0.25) is 0 Å². The lowest BCUT2D eigenvalue weighted by atomic mass is 10.0. The third kappa shape index (κ3) is 2.82. The molecule has 4 heterocycles. The summed E-state index contributed by atoms with van der Waals surface area (Å²) < 4.78 is 0. The highest BCUT2D eigenvalue weighted by molar-refractivity contribution is 7.16. The quantitative estimate of drug-likeness (QED) is 0.719. The maximum absolute atomic E-state index is 4.57. The molecular weight excluding hydrogens is 332 g/mol. The van der Waals surface area contributed by atoms with E-state index in [4.69, 9.17) is 0 Å². The molecule has 1 saturated heterocycles. The lowest BCUT2D eigenvalue weighted by Gasteiger charge is -2.40. The highest BCUT2D eigenvalue weighted by Crippen LogP contribution is 2.36. The summed E-state index contributed by atoms with van der Waals surface area (Å²) in [5, 5.41) is 3.28. The van der Waals surface area contributed by atoms with Gasteiger partial charge in [0.15, 0.2) is 0 Å². The molecule has 0 N–H and O–H groups in total. The summed E-state index contributed by atoms with van der Waals surface area (Å²) >= 11 is 1.68. The second kappa shape index (κ2) is 6.22. The highest BCUT2D eigenvalue weighted by atomic mass is 32.1. The molecule has 128 valence electrons. The third-order valence-corrected chi connectivity index (χ3v) is 5.99. The van der Waals surface area contributed by atoms with Gasteiger partial charge in [-0.15, -0.1) is 11.3 Å². The largest absolute Gasteiger partial charge is 0.356 e. The van der Waals surface area contributed by atoms with Crippen molar-refractivity contribution in [2.24, 2.45) is 0 Å². The molecule has 0 atom stereocenters. The van der Waals surface area contributed by atoms with Crippen LogP contribution in [0.5, 0.6) is 0 Å². The predicted molar refractivity (Wildman–Crippen MR) is 100 cm³/mol. The molecular formula is C18H20N6S. The molecule has 1 aliphatic heterocycles. The minimum atomic E-state index is 0.554. The fourth-order valence-electron chi connectivity index (χ4n) is 3.85. The van der Waals surface area contributed by atoms with Crippen molar-refractivity contribution >= 4 is 33.2 Å². The maximum atomic E-state index is 4.57. The molecule has 2 aliphatic rings. The Labute approximate surface area is 150 Å². The maximum Gasteiger partial charge on any atom is 0.140 e. The Morgan fingerprint density at radius 2 is 1.80 bits per heavy atom. The molecule has 0 bridgehead atoms. The Balaban J connectivity index is 1.35. The van der Waals surface area contributed by atoms with E-state index in [9.17, 15) is 0 Å². The number of anilines is 2. The van der Waals surface area contributed by atoms with Crippen LogP contribution in [0.25, 0.3) is 10.2 Å². The first-order chi connectivity index (χ1) is 12.4. The Hall–Kier alpha value is -2.28. The smallest absolute Gasteiger partial charge is 0.140 e. The number of rotatable bonds is 4. The second-order valence-electron chi connectivity index (χ2n) is 6.76. The van der Waals surface area contributed by atoms with E-state index in [1.807, 2.05) is 12.3 Å². The molecule has 7 heteroatoms. The van der Waals surface area contributed by atoms with Crippen LogP contribution in [0.3, 0.4) is 0 Å². The van der Waals surface area contributed by atoms with Crippen LogP contribution in [0, 0.1) is 0 Å². The number of thiophene rings is 1. The lowest BCUT2D eigenvalue weighted by molar-refractivity contribution is 0.458. The van der Waals surface area contributed by atoms with E-state index in [1.165, 1.54) is 18.2 Å². The minimum absolute atomic E-state index is 0.554. The van der Waals surface area contributed by atoms with Crippen molar-refractivity contribution in [1.82, 2.24) is 19.9 Å². The number of fused-ring (bicyclic) bond motifs is 1. The molecule has 0 radical (unpaired) electrons. The van der Waals surface area contributed by atoms with Gasteiger partial charge < -0.3 is 9.80 Å². The van der Waals surface area contributed by atoms with Crippen molar-refractivity contribution in [3.8, 4) is 0 Å². The molecule has 3 aromatic rings. The van der Waals surface area contributed by atoms with Crippen molar-refractivity contribution in [3.05, 3.63) is 36.4 Å². The van der Waals surface area contributed by atoms with Gasteiger partial charge in [-0.05, 0) is 43.2 Å². The van der Waals surface area contributed by atoms with E-state index < -0.39 is 0 Å². The number of aromatic nitrogens is 4. The van der Waals surface area contributed by atoms with E-state index in [0.717, 1.165) is 42.4 Å². The molecule has 1 saturated carbocycles. The van der Waals surface area contributed by atoms with Crippen LogP contribution < -0.4 is 9.80 Å². The van der Waals surface area contributed by atoms with Crippen molar-refractivity contribution in [3.63, 3.8) is 0 Å². The zero-order chi connectivity index (χ0) is 16.6. The van der Waals surface area contributed by atoms with E-state index in [2.05, 4.69) is 41.2 Å². The summed E-state index contributed by atoms with van der Waals surface area (Å²) in [6.45, 7) is 2.06. The molecule has 6 nitrogen and oxygen atoms in total. The zero-order valence-corrected chi connectivity index (χ0v) is 14.8. The second-order valence-corrected chi connectivity index (χ2v) is 7.66. The first-order valence-corrected chi connectivity index (χ1v) is 9.75. The van der Waals surface area contributed by atoms with Gasteiger partial charge in [-0.1, -0.05) is 0 Å². The summed E-state index contributed by atoms with van der Waals surface area (Å²) in [6.07, 6.45) is 10.0. The van der Waals surface area contributed by atoms with Crippen LogP contribution in [0.15, 0.2) is 36.4 Å². The topological polar surface area (TPSA) is 58.0 Å². The van der Waals surface area contributed by atoms with Crippen molar-refractivity contribution < 1.29 is 0 Å². The van der Waals surface area contributed by atoms with E-state index in [0.29, 0.717) is 12.1 Å². The number of hydrogen-bond acceptors (Lipinski definition) is 7. The van der Waals surface area contributed by atoms with E-state index in [1.54, 1.807) is 24.0 Å². The fourth-order valence-corrected chi connectivity index (χ4v) is 4.57. The van der Waals surface area contributed by atoms with Gasteiger partial charge in [0.05, 0.1) is 5.39 Å². The molecule has 0 unspecified atom stereocenters. The first kappa shape index (κ1) is 15.0. The number of nitrogens with zero attached hydrogens (tertiary/aromatic N) is 6. The predicted octanol–water partition coefficient (Wildman–Crippen LogP) is 3.12. The summed E-state index contributed by atoms with van der Waals surface area (Å²) in [5.74, 6) is 2.17. The lowest BCUT2D eigenvalue weighted by Crippen LogP contribution is -2.46. The molecule has 5 rings (SSSR count). The van der Waals surface area contributed by atoms with Gasteiger partial charge in [0, 0.05) is 31.4 Å². The molecule has 1 aliphatic carbocycles. The fraction of sp³-hybridized carbons (Fsp3) is 0.444. The van der Waals surface area contributed by atoms with Crippen LogP contribution in [0.2, 0.25) is 0 Å². The zero-order valence-electron chi connectivity index (χ0n) is 14.0. The van der Waals surface area contributed by atoms with Gasteiger partial charge in [-0.2, -0.15) is 0 Å². The molecule has 0 spiro atoms. The Morgan fingerprint density at radius 1 is 0.960 bits per heavy atom. The molecule has 25 heavy (non-hydrogen) atoms. The average molecular weight is 352 g/mol. The standard InChI is InChI=1S/C18H20N6S/c1-2-13(1)24(16-3-7-19-11-20-16)14-4-8-23(9-5-14)17-15-6-10-25-18(15)22-12-21-17/h3,6-7,10-14H,1-2,4-5,8-9H2. The molecule has 0 aromatic carbocycles. The SMILES string of the molecule is c1cc(N(C2CC2)C2CCN(c3ncnc4sccc34)CC2)ncn1. The van der Waals surface area contributed by atoms with Crippen LogP contribution in [0.4, 0.5) is 11.6 Å². The van der Waals surface area contributed by atoms with Crippen molar-refractivity contribution in [2.75, 3.05) is 22.9 Å². The number of hydrogen-bond donors (Lipinski definition) is 0. The average Bonchev–Trinajstić information content (AvgIpc) is 3.38. The molecule has 0 amide bonds. The summed E-state index contributed by atoms with van der Waals surface area (Å²) in [5.41, 5.74) is 0. The monoisotopic (exact) mass is 352 g/mol. The molecule has 3 aromatic heterocycles. The van der Waals surface area contributed by atoms with Gasteiger partial charge in [-0.25, -0.2) is 19.9 Å². The third-order valence-electron chi connectivity index (χ3n) is 5.17. The molecule has 2 fully saturated rings. The van der Waals surface area contributed by atoms with Crippen LogP contribution >= 0.6 is 11.3 Å². The van der Waals surface area contributed by atoms with Gasteiger partial charge >= 0.3 is 0 Å². The van der Waals surface area contributed by atoms with Gasteiger partial charge in [0.25, 0.3) is 0 Å². The van der Waals surface area contributed by atoms with Crippen LogP contribution in [0.1, 0.15) is 25.7 Å². The Morgan fingerprint density at radius 3 is 2.56 bits per heavy atom.